The quantitative estimate of drug-likeness (QED) is 0.600. The first-order chi connectivity index (χ1) is 7.09. The number of aryl methyl sites for hydroxylation is 1. The molecule has 4 nitrogen and oxygen atoms in total. The van der Waals surface area contributed by atoms with Crippen LogP contribution >= 0.6 is 12.2 Å². The number of aliphatic hydroxyl groups is 2. The molecule has 1 heterocycles. The second-order valence-corrected chi connectivity index (χ2v) is 3.90. The molecule has 0 amide bonds. The number of hydrogen-bond donors (Lipinski definition) is 3. The van der Waals surface area contributed by atoms with Crippen LogP contribution in [0.3, 0.4) is 0 Å². The zero-order chi connectivity index (χ0) is 11.0. The van der Waals surface area contributed by atoms with Crippen molar-refractivity contribution in [2.24, 2.45) is 0 Å². The third kappa shape index (κ3) is 1.81. The molecule has 1 aliphatic heterocycles. The van der Waals surface area contributed by atoms with E-state index in [4.69, 9.17) is 12.2 Å². The molecule has 0 aromatic heterocycles. The summed E-state index contributed by atoms with van der Waals surface area (Å²) in [6.45, 7) is 1.98. The van der Waals surface area contributed by atoms with E-state index in [1.54, 1.807) is 0 Å². The summed E-state index contributed by atoms with van der Waals surface area (Å²) in [6.07, 6.45) is -2.06. The zero-order valence-electron chi connectivity index (χ0n) is 8.21. The molecule has 1 aromatic carbocycles. The van der Waals surface area contributed by atoms with E-state index in [0.29, 0.717) is 5.11 Å². The maximum Gasteiger partial charge on any atom is 0.178 e. The van der Waals surface area contributed by atoms with Gasteiger partial charge < -0.3 is 15.5 Å². The molecule has 1 saturated heterocycles. The Hall–Kier alpha value is -1.17. The van der Waals surface area contributed by atoms with E-state index in [2.05, 4.69) is 5.32 Å². The predicted octanol–water partition coefficient (Wildman–Crippen LogP) is 0.326. The van der Waals surface area contributed by atoms with Gasteiger partial charge in [-0.1, -0.05) is 17.7 Å². The van der Waals surface area contributed by atoms with E-state index < -0.39 is 12.5 Å². The molecule has 80 valence electrons. The maximum atomic E-state index is 9.68. The van der Waals surface area contributed by atoms with Crippen LogP contribution < -0.4 is 10.2 Å². The van der Waals surface area contributed by atoms with Crippen molar-refractivity contribution >= 4 is 23.0 Å². The molecular formula is C10H12N2O2S. The number of hydrogen-bond acceptors (Lipinski definition) is 3. The van der Waals surface area contributed by atoms with Gasteiger partial charge in [0.05, 0.1) is 0 Å². The van der Waals surface area contributed by atoms with E-state index in [1.165, 1.54) is 4.90 Å². The summed E-state index contributed by atoms with van der Waals surface area (Å²) in [5.74, 6) is 0. The van der Waals surface area contributed by atoms with Gasteiger partial charge in [0.15, 0.2) is 17.6 Å². The van der Waals surface area contributed by atoms with Gasteiger partial charge in [0.1, 0.15) is 0 Å². The summed E-state index contributed by atoms with van der Waals surface area (Å²) in [5, 5.41) is 22.0. The van der Waals surface area contributed by atoms with Crippen molar-refractivity contribution in [3.63, 3.8) is 0 Å². The standard InChI is InChI=1S/C10H12N2O2S/c1-6-2-4-7(5-3-6)12-9(14)8(13)11-10(12)15/h2-5,8-9,13-14H,1H3,(H,11,15)/t8-,9-/m0/s1. The van der Waals surface area contributed by atoms with E-state index in [-0.39, 0.29) is 0 Å². The number of nitrogens with one attached hydrogen (secondary N) is 1. The Morgan fingerprint density at radius 2 is 1.87 bits per heavy atom. The van der Waals surface area contributed by atoms with Crippen LogP contribution in [0, 0.1) is 6.92 Å². The highest BCUT2D eigenvalue weighted by Gasteiger charge is 2.34. The van der Waals surface area contributed by atoms with E-state index in [0.717, 1.165) is 11.3 Å². The molecule has 0 unspecified atom stereocenters. The smallest absolute Gasteiger partial charge is 0.178 e. The van der Waals surface area contributed by atoms with Gasteiger partial charge in [0.2, 0.25) is 0 Å². The van der Waals surface area contributed by atoms with Gasteiger partial charge in [0, 0.05) is 5.69 Å². The second kappa shape index (κ2) is 3.77. The molecule has 0 bridgehead atoms. The Balaban J connectivity index is 2.30. The SMILES string of the molecule is Cc1ccc(N2C(=S)N[C@@H](O)[C@@H]2O)cc1. The van der Waals surface area contributed by atoms with Crippen molar-refractivity contribution in [2.45, 2.75) is 19.4 Å². The largest absolute Gasteiger partial charge is 0.369 e. The first-order valence-corrected chi connectivity index (χ1v) is 5.03. The van der Waals surface area contributed by atoms with Crippen LogP contribution in [0.1, 0.15) is 5.56 Å². The minimum atomic E-state index is -1.03. The fourth-order valence-corrected chi connectivity index (χ4v) is 1.84. The predicted molar refractivity (Wildman–Crippen MR) is 61.4 cm³/mol. The minimum Gasteiger partial charge on any atom is -0.369 e. The number of nitrogens with zero attached hydrogens (tertiary/aromatic N) is 1. The number of benzene rings is 1. The number of thiocarbonyl (C=S) groups is 1. The summed E-state index contributed by atoms with van der Waals surface area (Å²) in [4.78, 5) is 1.49. The van der Waals surface area contributed by atoms with Crippen molar-refractivity contribution < 1.29 is 10.2 Å². The first kappa shape index (κ1) is 10.4. The molecular weight excluding hydrogens is 212 g/mol. The summed E-state index contributed by atoms with van der Waals surface area (Å²) >= 11 is 5.00. The average Bonchev–Trinajstić information content (AvgIpc) is 2.44. The molecule has 0 radical (unpaired) electrons. The van der Waals surface area contributed by atoms with Gasteiger partial charge in [-0.15, -0.1) is 0 Å². The van der Waals surface area contributed by atoms with Crippen LogP contribution in [-0.4, -0.2) is 27.8 Å². The van der Waals surface area contributed by atoms with Crippen LogP contribution in [-0.2, 0) is 0 Å². The fraction of sp³-hybridized carbons (Fsp3) is 0.300. The Morgan fingerprint density at radius 3 is 2.33 bits per heavy atom. The van der Waals surface area contributed by atoms with Crippen molar-refractivity contribution in [1.29, 1.82) is 0 Å². The topological polar surface area (TPSA) is 55.7 Å². The third-order valence-corrected chi connectivity index (χ3v) is 2.66. The third-order valence-electron chi connectivity index (χ3n) is 2.35. The number of aliphatic hydroxyl groups excluding tert-OH is 2. The summed E-state index contributed by atoms with van der Waals surface area (Å²) in [7, 11) is 0. The van der Waals surface area contributed by atoms with Gasteiger partial charge in [-0.25, -0.2) is 0 Å². The molecule has 1 aromatic rings. The fourth-order valence-electron chi connectivity index (χ4n) is 1.51. The molecule has 0 spiro atoms. The molecule has 0 aliphatic carbocycles. The minimum absolute atomic E-state index is 0.332. The first-order valence-electron chi connectivity index (χ1n) is 4.62. The average molecular weight is 224 g/mol. The number of anilines is 1. The molecule has 5 heteroatoms. The molecule has 15 heavy (non-hydrogen) atoms. The van der Waals surface area contributed by atoms with Crippen molar-refractivity contribution in [3.05, 3.63) is 29.8 Å². The van der Waals surface area contributed by atoms with E-state index >= 15 is 0 Å². The lowest BCUT2D eigenvalue weighted by molar-refractivity contribution is 0.0332. The molecule has 2 rings (SSSR count). The monoisotopic (exact) mass is 224 g/mol. The Labute approximate surface area is 93.1 Å². The molecule has 1 aliphatic rings. The molecule has 1 fully saturated rings. The summed E-state index contributed by atoms with van der Waals surface area (Å²) in [6, 6.07) is 7.56. The van der Waals surface area contributed by atoms with E-state index in [9.17, 15) is 10.2 Å². The van der Waals surface area contributed by atoms with Gasteiger partial charge in [-0.2, -0.15) is 0 Å². The van der Waals surface area contributed by atoms with Gasteiger partial charge in [-0.3, -0.25) is 4.90 Å². The lowest BCUT2D eigenvalue weighted by Crippen LogP contribution is -2.36. The second-order valence-electron chi connectivity index (χ2n) is 3.51. The van der Waals surface area contributed by atoms with Gasteiger partial charge in [0.25, 0.3) is 0 Å². The van der Waals surface area contributed by atoms with Crippen LogP contribution in [0.5, 0.6) is 0 Å². The molecule has 2 atom stereocenters. The zero-order valence-corrected chi connectivity index (χ0v) is 9.03. The molecule has 3 N–H and O–H groups in total. The van der Waals surface area contributed by atoms with Crippen molar-refractivity contribution in [1.82, 2.24) is 5.32 Å². The summed E-state index contributed by atoms with van der Waals surface area (Å²) in [5.41, 5.74) is 1.90. The maximum absolute atomic E-state index is 9.68. The lowest BCUT2D eigenvalue weighted by atomic mass is 10.2. The Kier molecular flexibility index (Phi) is 2.60. The van der Waals surface area contributed by atoms with Crippen LogP contribution in [0.15, 0.2) is 24.3 Å². The summed E-state index contributed by atoms with van der Waals surface area (Å²) < 4.78 is 0. The highest BCUT2D eigenvalue weighted by atomic mass is 32.1. The van der Waals surface area contributed by atoms with Crippen LogP contribution in [0.2, 0.25) is 0 Å². The van der Waals surface area contributed by atoms with Crippen molar-refractivity contribution in [2.75, 3.05) is 4.90 Å². The van der Waals surface area contributed by atoms with Crippen LogP contribution in [0.4, 0.5) is 5.69 Å². The number of rotatable bonds is 1. The Morgan fingerprint density at radius 1 is 1.27 bits per heavy atom. The van der Waals surface area contributed by atoms with E-state index in [1.807, 2.05) is 31.2 Å². The van der Waals surface area contributed by atoms with Crippen molar-refractivity contribution in [3.8, 4) is 0 Å². The lowest BCUT2D eigenvalue weighted by Gasteiger charge is -2.21. The van der Waals surface area contributed by atoms with Crippen LogP contribution in [0.25, 0.3) is 0 Å². The normalized spacial score (nSPS) is 25.5. The highest BCUT2D eigenvalue weighted by molar-refractivity contribution is 7.80. The highest BCUT2D eigenvalue weighted by Crippen LogP contribution is 2.21. The van der Waals surface area contributed by atoms with Gasteiger partial charge >= 0.3 is 0 Å². The molecule has 0 saturated carbocycles. The Bertz CT molecular complexity index is 380. The van der Waals surface area contributed by atoms with Gasteiger partial charge in [-0.05, 0) is 31.3 Å².